The van der Waals surface area contributed by atoms with Gasteiger partial charge >= 0.3 is 5.97 Å². The molecule has 1 aromatic heterocycles. The molecule has 0 fully saturated rings. The highest BCUT2D eigenvalue weighted by Gasteiger charge is 2.17. The molecule has 4 heteroatoms. The lowest BCUT2D eigenvalue weighted by atomic mass is 10.1. The van der Waals surface area contributed by atoms with Crippen molar-refractivity contribution in [3.05, 3.63) is 59.7 Å². The number of aromatic carboxylic acids is 1. The molecular formula is C16H14N2O2. The fourth-order valence-electron chi connectivity index (χ4n) is 2.33. The average Bonchev–Trinajstić information content (AvgIpc) is 2.76. The zero-order chi connectivity index (χ0) is 14.1. The van der Waals surface area contributed by atoms with Crippen molar-refractivity contribution >= 4 is 28.4 Å². The molecular weight excluding hydrogens is 252 g/mol. The number of hydrogen-bond donors (Lipinski definition) is 3. The molecule has 3 N–H and O–H groups in total. The van der Waals surface area contributed by atoms with Gasteiger partial charge in [0.1, 0.15) is 11.4 Å². The number of benzene rings is 2. The van der Waals surface area contributed by atoms with Gasteiger partial charge in [-0.25, -0.2) is 4.79 Å². The van der Waals surface area contributed by atoms with E-state index >= 15 is 0 Å². The zero-order valence-electron chi connectivity index (χ0n) is 11.0. The fraction of sp³-hybridized carbons (Fsp3) is 0.0625. The number of hydrogen-bond acceptors (Lipinski definition) is 2. The van der Waals surface area contributed by atoms with Gasteiger partial charge in [0.05, 0.1) is 0 Å². The van der Waals surface area contributed by atoms with E-state index in [4.69, 9.17) is 0 Å². The van der Waals surface area contributed by atoms with Gasteiger partial charge in [-0.3, -0.25) is 0 Å². The molecule has 0 aliphatic rings. The smallest absolute Gasteiger partial charge is 0.340 e. The molecule has 0 radical (unpaired) electrons. The van der Waals surface area contributed by atoms with Crippen LogP contribution >= 0.6 is 0 Å². The number of aromatic nitrogens is 1. The first-order chi connectivity index (χ1) is 9.65. The van der Waals surface area contributed by atoms with Crippen molar-refractivity contribution < 1.29 is 9.90 Å². The Morgan fingerprint density at radius 1 is 1.15 bits per heavy atom. The first kappa shape index (κ1) is 12.3. The van der Waals surface area contributed by atoms with Crippen molar-refractivity contribution in [2.75, 3.05) is 5.32 Å². The van der Waals surface area contributed by atoms with Gasteiger partial charge in [-0.1, -0.05) is 30.3 Å². The molecule has 20 heavy (non-hydrogen) atoms. The Morgan fingerprint density at radius 3 is 2.70 bits per heavy atom. The molecule has 3 aromatic rings. The summed E-state index contributed by atoms with van der Waals surface area (Å²) in [4.78, 5) is 14.6. The number of para-hydroxylation sites is 1. The highest BCUT2D eigenvalue weighted by molar-refractivity contribution is 6.09. The van der Waals surface area contributed by atoms with E-state index in [9.17, 15) is 9.90 Å². The molecule has 0 unspecified atom stereocenters. The molecule has 0 spiro atoms. The fourth-order valence-corrected chi connectivity index (χ4v) is 2.33. The van der Waals surface area contributed by atoms with Crippen molar-refractivity contribution in [2.45, 2.75) is 6.92 Å². The van der Waals surface area contributed by atoms with Crippen molar-refractivity contribution in [1.29, 1.82) is 0 Å². The molecule has 0 aliphatic carbocycles. The van der Waals surface area contributed by atoms with Crippen LogP contribution in [0.3, 0.4) is 0 Å². The minimum Gasteiger partial charge on any atom is -0.478 e. The van der Waals surface area contributed by atoms with E-state index in [1.165, 1.54) is 0 Å². The van der Waals surface area contributed by atoms with Gasteiger partial charge in [0, 0.05) is 16.6 Å². The molecule has 1 heterocycles. The summed E-state index contributed by atoms with van der Waals surface area (Å²) >= 11 is 0. The first-order valence-electron chi connectivity index (χ1n) is 6.33. The summed E-state index contributed by atoms with van der Waals surface area (Å²) in [6, 6.07) is 15.2. The number of anilines is 2. The Hall–Kier alpha value is -2.75. The Kier molecular flexibility index (Phi) is 2.91. The Labute approximate surface area is 116 Å². The van der Waals surface area contributed by atoms with Gasteiger partial charge in [0.2, 0.25) is 0 Å². The van der Waals surface area contributed by atoms with Crippen LogP contribution in [0.15, 0.2) is 48.5 Å². The minimum atomic E-state index is -0.947. The lowest BCUT2D eigenvalue weighted by Crippen LogP contribution is -2.01. The summed E-state index contributed by atoms with van der Waals surface area (Å²) in [6.07, 6.45) is 0. The van der Waals surface area contributed by atoms with Crippen LogP contribution in [0, 0.1) is 6.92 Å². The normalized spacial score (nSPS) is 10.7. The number of carboxylic acids is 1. The summed E-state index contributed by atoms with van der Waals surface area (Å²) in [6.45, 7) is 1.99. The van der Waals surface area contributed by atoms with E-state index in [2.05, 4.69) is 10.3 Å². The van der Waals surface area contributed by atoms with Crippen LogP contribution in [0.4, 0.5) is 11.5 Å². The number of nitrogens with one attached hydrogen (secondary N) is 2. The molecule has 2 aromatic carbocycles. The van der Waals surface area contributed by atoms with Crippen molar-refractivity contribution in [3.63, 3.8) is 0 Å². The van der Waals surface area contributed by atoms with E-state index in [1.54, 1.807) is 6.07 Å². The summed E-state index contributed by atoms with van der Waals surface area (Å²) < 4.78 is 0. The maximum atomic E-state index is 11.5. The van der Waals surface area contributed by atoms with Crippen LogP contribution in [-0.2, 0) is 0 Å². The highest BCUT2D eigenvalue weighted by Crippen LogP contribution is 2.28. The van der Waals surface area contributed by atoms with Crippen LogP contribution in [-0.4, -0.2) is 16.1 Å². The number of carboxylic acid groups (broad SMARTS) is 1. The van der Waals surface area contributed by atoms with Crippen LogP contribution < -0.4 is 5.32 Å². The van der Waals surface area contributed by atoms with Crippen LogP contribution in [0.25, 0.3) is 10.9 Å². The Morgan fingerprint density at radius 2 is 1.95 bits per heavy atom. The van der Waals surface area contributed by atoms with Gasteiger partial charge in [-0.15, -0.1) is 0 Å². The third-order valence-corrected chi connectivity index (χ3v) is 3.21. The van der Waals surface area contributed by atoms with Crippen LogP contribution in [0.1, 0.15) is 15.9 Å². The third-order valence-electron chi connectivity index (χ3n) is 3.21. The SMILES string of the molecule is Cc1cccc(Nc2[nH]c3ccccc3c2C(=O)O)c1. The summed E-state index contributed by atoms with van der Waals surface area (Å²) in [5, 5.41) is 13.3. The van der Waals surface area contributed by atoms with Crippen LogP contribution in [0.2, 0.25) is 0 Å². The quantitative estimate of drug-likeness (QED) is 0.673. The predicted octanol–water partition coefficient (Wildman–Crippen LogP) is 3.92. The Balaban J connectivity index is 2.11. The van der Waals surface area contributed by atoms with Crippen molar-refractivity contribution in [2.24, 2.45) is 0 Å². The molecule has 0 saturated heterocycles. The standard InChI is InChI=1S/C16H14N2O2/c1-10-5-4-6-11(9-10)17-15-14(16(19)20)12-7-2-3-8-13(12)18-15/h2-9,17-18H,1H3,(H,19,20). The third kappa shape index (κ3) is 2.12. The lowest BCUT2D eigenvalue weighted by Gasteiger charge is -2.06. The number of fused-ring (bicyclic) bond motifs is 1. The number of carbonyl (C=O) groups is 1. The van der Waals surface area contributed by atoms with Gasteiger partial charge < -0.3 is 15.4 Å². The lowest BCUT2D eigenvalue weighted by molar-refractivity contribution is 0.0700. The monoisotopic (exact) mass is 266 g/mol. The predicted molar refractivity (Wildman–Crippen MR) is 79.7 cm³/mol. The topological polar surface area (TPSA) is 65.1 Å². The largest absolute Gasteiger partial charge is 0.478 e. The molecule has 0 saturated carbocycles. The van der Waals surface area contributed by atoms with E-state index in [1.807, 2.05) is 49.4 Å². The van der Waals surface area contributed by atoms with Gasteiger partial charge in [0.15, 0.2) is 0 Å². The number of aryl methyl sites for hydroxylation is 1. The second kappa shape index (κ2) is 4.74. The second-order valence-corrected chi connectivity index (χ2v) is 4.72. The van der Waals surface area contributed by atoms with E-state index in [-0.39, 0.29) is 5.56 Å². The molecule has 0 bridgehead atoms. The highest BCUT2D eigenvalue weighted by atomic mass is 16.4. The first-order valence-corrected chi connectivity index (χ1v) is 6.33. The van der Waals surface area contributed by atoms with E-state index in [0.29, 0.717) is 11.2 Å². The molecule has 0 atom stereocenters. The number of rotatable bonds is 3. The molecule has 0 aliphatic heterocycles. The minimum absolute atomic E-state index is 0.266. The molecule has 3 rings (SSSR count). The van der Waals surface area contributed by atoms with Gasteiger partial charge in [-0.05, 0) is 30.7 Å². The molecule has 0 amide bonds. The molecule has 4 nitrogen and oxygen atoms in total. The maximum Gasteiger partial charge on any atom is 0.340 e. The average molecular weight is 266 g/mol. The van der Waals surface area contributed by atoms with Gasteiger partial charge in [-0.2, -0.15) is 0 Å². The van der Waals surface area contributed by atoms with Gasteiger partial charge in [0.25, 0.3) is 0 Å². The van der Waals surface area contributed by atoms with E-state index in [0.717, 1.165) is 16.8 Å². The van der Waals surface area contributed by atoms with E-state index < -0.39 is 5.97 Å². The van der Waals surface area contributed by atoms with Crippen LogP contribution in [0.5, 0.6) is 0 Å². The summed E-state index contributed by atoms with van der Waals surface area (Å²) in [5.41, 5.74) is 3.05. The molecule has 100 valence electrons. The second-order valence-electron chi connectivity index (χ2n) is 4.72. The van der Waals surface area contributed by atoms with Crippen molar-refractivity contribution in [3.8, 4) is 0 Å². The number of H-pyrrole nitrogens is 1. The van der Waals surface area contributed by atoms with Crippen molar-refractivity contribution in [1.82, 2.24) is 4.98 Å². The maximum absolute atomic E-state index is 11.5. The summed E-state index contributed by atoms with van der Waals surface area (Å²) in [7, 11) is 0. The Bertz CT molecular complexity index is 790. The zero-order valence-corrected chi connectivity index (χ0v) is 11.0. The number of aromatic amines is 1. The summed E-state index contributed by atoms with van der Waals surface area (Å²) in [5.74, 6) is -0.443.